The molecule has 0 bridgehead atoms. The second-order valence-corrected chi connectivity index (χ2v) is 4.48. The van der Waals surface area contributed by atoms with Gasteiger partial charge in [-0.15, -0.1) is 0 Å². The minimum Gasteiger partial charge on any atom is -0.325 e. The fourth-order valence-electron chi connectivity index (χ4n) is 2.17. The fraction of sp³-hybridized carbons (Fsp3) is 0.0667. The molecule has 0 amide bonds. The van der Waals surface area contributed by atoms with Crippen LogP contribution in [0.1, 0.15) is 5.56 Å². The summed E-state index contributed by atoms with van der Waals surface area (Å²) in [6.45, 7) is 0.378. The zero-order valence-corrected chi connectivity index (χ0v) is 11.1. The second kappa shape index (κ2) is 5.54. The summed E-state index contributed by atoms with van der Waals surface area (Å²) < 4.78 is 1.85. The fourth-order valence-corrected chi connectivity index (χ4v) is 2.17. The van der Waals surface area contributed by atoms with Crippen LogP contribution in [-0.4, -0.2) is 19.5 Å². The molecule has 3 rings (SSSR count). The number of nitro groups is 1. The lowest BCUT2D eigenvalue weighted by Crippen LogP contribution is -2.04. The van der Waals surface area contributed by atoms with E-state index in [1.807, 2.05) is 22.8 Å². The summed E-state index contributed by atoms with van der Waals surface area (Å²) >= 11 is 0. The van der Waals surface area contributed by atoms with Crippen LogP contribution >= 0.6 is 0 Å². The quantitative estimate of drug-likeness (QED) is 0.544. The normalized spacial score (nSPS) is 10.5. The molecule has 0 spiro atoms. The molecule has 0 radical (unpaired) electrons. The van der Waals surface area contributed by atoms with E-state index in [0.29, 0.717) is 17.9 Å². The Morgan fingerprint density at radius 2 is 1.86 bits per heavy atom. The molecular formula is C15H12N4O2. The Bertz CT molecular complexity index is 768. The van der Waals surface area contributed by atoms with Gasteiger partial charge in [-0.2, -0.15) is 0 Å². The van der Waals surface area contributed by atoms with Crippen molar-refractivity contribution in [2.45, 2.75) is 6.54 Å². The van der Waals surface area contributed by atoms with Crippen molar-refractivity contribution < 1.29 is 4.92 Å². The number of hydrogen-bond donors (Lipinski definition) is 0. The van der Waals surface area contributed by atoms with Crippen molar-refractivity contribution in [3.05, 3.63) is 76.7 Å². The molecule has 104 valence electrons. The van der Waals surface area contributed by atoms with E-state index in [9.17, 15) is 10.1 Å². The van der Waals surface area contributed by atoms with E-state index in [1.54, 1.807) is 36.8 Å². The minimum atomic E-state index is -0.368. The minimum absolute atomic E-state index is 0.109. The molecule has 0 saturated heterocycles. The van der Waals surface area contributed by atoms with Crippen LogP contribution in [0.2, 0.25) is 0 Å². The molecule has 1 aromatic carbocycles. The van der Waals surface area contributed by atoms with Gasteiger partial charge in [0.05, 0.1) is 11.5 Å². The van der Waals surface area contributed by atoms with E-state index in [4.69, 9.17) is 0 Å². The molecule has 0 N–H and O–H groups in total. The van der Waals surface area contributed by atoms with Gasteiger partial charge < -0.3 is 4.57 Å². The van der Waals surface area contributed by atoms with Gasteiger partial charge in [-0.3, -0.25) is 15.1 Å². The Morgan fingerprint density at radius 1 is 1.05 bits per heavy atom. The highest BCUT2D eigenvalue weighted by atomic mass is 16.6. The summed E-state index contributed by atoms with van der Waals surface area (Å²) in [5.41, 5.74) is 1.48. The molecule has 6 heteroatoms. The average molecular weight is 280 g/mol. The van der Waals surface area contributed by atoms with Crippen LogP contribution in [0.4, 0.5) is 5.69 Å². The number of rotatable bonds is 4. The maximum Gasteiger partial charge on any atom is 0.274 e. The third kappa shape index (κ3) is 2.64. The van der Waals surface area contributed by atoms with Crippen molar-refractivity contribution in [3.63, 3.8) is 0 Å². The van der Waals surface area contributed by atoms with Gasteiger partial charge >= 0.3 is 0 Å². The first-order chi connectivity index (χ1) is 10.3. The summed E-state index contributed by atoms with van der Waals surface area (Å²) in [5.74, 6) is 0.689. The Hall–Kier alpha value is -3.02. The highest BCUT2D eigenvalue weighted by Crippen LogP contribution is 2.21. The SMILES string of the molecule is O=[N+]([O-])c1ccccc1Cn1ccnc1-c1ccccn1. The zero-order chi connectivity index (χ0) is 14.7. The lowest BCUT2D eigenvalue weighted by atomic mass is 10.2. The van der Waals surface area contributed by atoms with Crippen molar-refractivity contribution >= 4 is 5.69 Å². The average Bonchev–Trinajstić information content (AvgIpc) is 2.96. The standard InChI is InChI=1S/C15H12N4O2/c20-19(21)14-7-2-1-5-12(14)11-18-10-9-17-15(18)13-6-3-4-8-16-13/h1-10H,11H2. The smallest absolute Gasteiger partial charge is 0.274 e. The van der Waals surface area contributed by atoms with Gasteiger partial charge in [-0.1, -0.05) is 24.3 Å². The maximum atomic E-state index is 11.1. The van der Waals surface area contributed by atoms with Gasteiger partial charge in [0.15, 0.2) is 5.82 Å². The molecule has 0 fully saturated rings. The third-order valence-corrected chi connectivity index (χ3v) is 3.14. The number of nitro benzene ring substituents is 1. The van der Waals surface area contributed by atoms with Crippen LogP contribution < -0.4 is 0 Å². The number of nitrogens with zero attached hydrogens (tertiary/aromatic N) is 4. The van der Waals surface area contributed by atoms with Crippen molar-refractivity contribution in [1.82, 2.24) is 14.5 Å². The van der Waals surface area contributed by atoms with Gasteiger partial charge in [0.1, 0.15) is 5.69 Å². The van der Waals surface area contributed by atoms with E-state index in [1.165, 1.54) is 6.07 Å². The summed E-state index contributed by atoms with van der Waals surface area (Å²) in [6, 6.07) is 12.3. The molecule has 21 heavy (non-hydrogen) atoms. The van der Waals surface area contributed by atoms with Crippen molar-refractivity contribution in [2.75, 3.05) is 0 Å². The van der Waals surface area contributed by atoms with E-state index in [2.05, 4.69) is 9.97 Å². The first-order valence-corrected chi connectivity index (χ1v) is 6.40. The predicted octanol–water partition coefficient (Wildman–Crippen LogP) is 2.90. The molecule has 0 aliphatic heterocycles. The summed E-state index contributed by atoms with van der Waals surface area (Å²) in [4.78, 5) is 19.3. The highest BCUT2D eigenvalue weighted by Gasteiger charge is 2.14. The van der Waals surface area contributed by atoms with Gasteiger partial charge in [-0.25, -0.2) is 4.98 Å². The lowest BCUT2D eigenvalue weighted by Gasteiger charge is -2.08. The predicted molar refractivity (Wildman–Crippen MR) is 77.7 cm³/mol. The number of hydrogen-bond acceptors (Lipinski definition) is 4. The van der Waals surface area contributed by atoms with Crippen LogP contribution in [0.5, 0.6) is 0 Å². The molecule has 0 saturated carbocycles. The third-order valence-electron chi connectivity index (χ3n) is 3.14. The van der Waals surface area contributed by atoms with E-state index < -0.39 is 0 Å². The number of pyridine rings is 1. The molecule has 0 atom stereocenters. The van der Waals surface area contributed by atoms with Gasteiger partial charge in [0.25, 0.3) is 5.69 Å². The van der Waals surface area contributed by atoms with E-state index >= 15 is 0 Å². The Balaban J connectivity index is 1.98. The molecule has 0 aliphatic rings. The summed E-state index contributed by atoms with van der Waals surface area (Å²) in [7, 11) is 0. The lowest BCUT2D eigenvalue weighted by molar-refractivity contribution is -0.385. The monoisotopic (exact) mass is 280 g/mol. The Morgan fingerprint density at radius 3 is 2.62 bits per heavy atom. The Kier molecular flexibility index (Phi) is 3.42. The molecule has 0 aliphatic carbocycles. The topological polar surface area (TPSA) is 73.8 Å². The van der Waals surface area contributed by atoms with Crippen LogP contribution in [-0.2, 0) is 6.54 Å². The summed E-state index contributed by atoms with van der Waals surface area (Å²) in [6.07, 6.45) is 5.15. The molecule has 6 nitrogen and oxygen atoms in total. The van der Waals surface area contributed by atoms with E-state index in [0.717, 1.165) is 5.69 Å². The second-order valence-electron chi connectivity index (χ2n) is 4.48. The molecular weight excluding hydrogens is 268 g/mol. The zero-order valence-electron chi connectivity index (χ0n) is 11.1. The van der Waals surface area contributed by atoms with Crippen LogP contribution in [0, 0.1) is 10.1 Å². The Labute approximate surface area is 120 Å². The van der Waals surface area contributed by atoms with Crippen molar-refractivity contribution in [1.29, 1.82) is 0 Å². The van der Waals surface area contributed by atoms with Crippen LogP contribution in [0.25, 0.3) is 11.5 Å². The highest BCUT2D eigenvalue weighted by molar-refractivity contribution is 5.50. The van der Waals surface area contributed by atoms with E-state index in [-0.39, 0.29) is 10.6 Å². The number of para-hydroxylation sites is 1. The van der Waals surface area contributed by atoms with Gasteiger partial charge in [0.2, 0.25) is 0 Å². The molecule has 2 heterocycles. The number of aromatic nitrogens is 3. The largest absolute Gasteiger partial charge is 0.325 e. The van der Waals surface area contributed by atoms with Gasteiger partial charge in [0, 0.05) is 30.2 Å². The first-order valence-electron chi connectivity index (χ1n) is 6.40. The van der Waals surface area contributed by atoms with Crippen molar-refractivity contribution in [3.8, 4) is 11.5 Å². The van der Waals surface area contributed by atoms with Crippen LogP contribution in [0.3, 0.4) is 0 Å². The molecule has 0 unspecified atom stereocenters. The van der Waals surface area contributed by atoms with Gasteiger partial charge in [-0.05, 0) is 12.1 Å². The molecule has 3 aromatic rings. The number of imidazole rings is 1. The summed E-state index contributed by atoms with van der Waals surface area (Å²) in [5, 5.41) is 11.1. The first kappa shape index (κ1) is 13.0. The van der Waals surface area contributed by atoms with Crippen molar-refractivity contribution in [2.24, 2.45) is 0 Å². The number of benzene rings is 1. The molecule has 2 aromatic heterocycles. The maximum absolute atomic E-state index is 11.1. The van der Waals surface area contributed by atoms with Crippen LogP contribution in [0.15, 0.2) is 61.1 Å².